The van der Waals surface area contributed by atoms with Crippen LogP contribution in [0.5, 0.6) is 0 Å². The number of thiophene rings is 1. The van der Waals surface area contributed by atoms with Gasteiger partial charge in [0.25, 0.3) is 0 Å². The van der Waals surface area contributed by atoms with Crippen molar-refractivity contribution in [1.82, 2.24) is 0 Å². The molecule has 0 spiro atoms. The van der Waals surface area contributed by atoms with E-state index in [1.165, 1.54) is 18.4 Å². The third-order valence-corrected chi connectivity index (χ3v) is 3.32. The molecule has 1 rings (SSSR count). The molecule has 3 heteroatoms. The normalized spacial score (nSPS) is 11.1. The summed E-state index contributed by atoms with van der Waals surface area (Å²) in [5.41, 5.74) is 1.29. The molecule has 0 amide bonds. The lowest BCUT2D eigenvalue weighted by Gasteiger charge is -1.98. The minimum Gasteiger partial charge on any atom is -0.481 e. The Morgan fingerprint density at radius 3 is 2.71 bits per heavy atom. The summed E-state index contributed by atoms with van der Waals surface area (Å²) in [6.45, 7) is 0. The average Bonchev–Trinajstić information content (AvgIpc) is 2.79. The van der Waals surface area contributed by atoms with Gasteiger partial charge in [0.05, 0.1) is 0 Å². The monoisotopic (exact) mass is 252 g/mol. The molecule has 2 nitrogen and oxygen atoms in total. The van der Waals surface area contributed by atoms with Gasteiger partial charge in [0, 0.05) is 6.42 Å². The second-order valence-corrected chi connectivity index (χ2v) is 4.94. The number of hydrogen-bond donors (Lipinski definition) is 1. The van der Waals surface area contributed by atoms with Gasteiger partial charge in [-0.05, 0) is 41.7 Å². The van der Waals surface area contributed by atoms with Gasteiger partial charge in [-0.3, -0.25) is 4.79 Å². The SMILES string of the molecule is O=C(O)CCCCCCCC=Cc1ccsc1. The van der Waals surface area contributed by atoms with Gasteiger partial charge in [-0.1, -0.05) is 31.4 Å². The number of carbonyl (C=O) groups is 1. The number of carboxylic acid groups (broad SMARTS) is 1. The minimum atomic E-state index is -0.677. The summed E-state index contributed by atoms with van der Waals surface area (Å²) in [7, 11) is 0. The van der Waals surface area contributed by atoms with E-state index in [1.807, 2.05) is 0 Å². The van der Waals surface area contributed by atoms with Crippen LogP contribution in [0.25, 0.3) is 6.08 Å². The largest absolute Gasteiger partial charge is 0.481 e. The number of hydrogen-bond acceptors (Lipinski definition) is 2. The van der Waals surface area contributed by atoms with Crippen LogP contribution in [-0.2, 0) is 4.79 Å². The molecule has 0 bridgehead atoms. The minimum absolute atomic E-state index is 0.318. The van der Waals surface area contributed by atoms with Crippen molar-refractivity contribution >= 4 is 23.4 Å². The van der Waals surface area contributed by atoms with E-state index < -0.39 is 5.97 Å². The maximum Gasteiger partial charge on any atom is 0.303 e. The Morgan fingerprint density at radius 1 is 1.24 bits per heavy atom. The number of rotatable bonds is 9. The third kappa shape index (κ3) is 7.75. The van der Waals surface area contributed by atoms with Crippen LogP contribution in [0.15, 0.2) is 22.9 Å². The number of unbranched alkanes of at least 4 members (excludes halogenated alkanes) is 5. The summed E-state index contributed by atoms with van der Waals surface area (Å²) in [6.07, 6.45) is 11.2. The lowest BCUT2D eigenvalue weighted by molar-refractivity contribution is -0.137. The molecule has 1 N–H and O–H groups in total. The van der Waals surface area contributed by atoms with E-state index in [1.54, 1.807) is 11.3 Å². The van der Waals surface area contributed by atoms with Crippen LogP contribution in [0.3, 0.4) is 0 Å². The Balaban J connectivity index is 1.89. The fraction of sp³-hybridized carbons (Fsp3) is 0.500. The first-order valence-corrected chi connectivity index (χ1v) is 7.14. The molecule has 0 saturated carbocycles. The third-order valence-electron chi connectivity index (χ3n) is 2.61. The molecule has 0 fully saturated rings. The van der Waals surface area contributed by atoms with E-state index in [2.05, 4.69) is 29.0 Å². The van der Waals surface area contributed by atoms with E-state index in [-0.39, 0.29) is 0 Å². The average molecular weight is 252 g/mol. The topological polar surface area (TPSA) is 37.3 Å². The van der Waals surface area contributed by atoms with Crippen molar-refractivity contribution in [1.29, 1.82) is 0 Å². The van der Waals surface area contributed by atoms with E-state index in [0.29, 0.717) is 6.42 Å². The Morgan fingerprint density at radius 2 is 2.00 bits per heavy atom. The van der Waals surface area contributed by atoms with Crippen LogP contribution in [0.2, 0.25) is 0 Å². The Bertz CT molecular complexity index is 328. The summed E-state index contributed by atoms with van der Waals surface area (Å²) in [5.74, 6) is -0.677. The first kappa shape index (κ1) is 14.0. The Hall–Kier alpha value is -1.09. The summed E-state index contributed by atoms with van der Waals surface area (Å²) in [4.78, 5) is 10.3. The van der Waals surface area contributed by atoms with Gasteiger partial charge in [-0.25, -0.2) is 0 Å². The quantitative estimate of drug-likeness (QED) is 0.653. The lowest BCUT2D eigenvalue weighted by Crippen LogP contribution is -1.93. The van der Waals surface area contributed by atoms with Crippen molar-refractivity contribution in [3.8, 4) is 0 Å². The molecule has 0 aliphatic heterocycles. The van der Waals surface area contributed by atoms with Crippen LogP contribution in [0.4, 0.5) is 0 Å². The summed E-state index contributed by atoms with van der Waals surface area (Å²) in [5, 5.41) is 12.7. The molecule has 0 aliphatic carbocycles. The number of aliphatic carboxylic acids is 1. The molecular weight excluding hydrogens is 232 g/mol. The molecule has 1 aromatic heterocycles. The van der Waals surface area contributed by atoms with E-state index in [0.717, 1.165) is 25.7 Å². The molecular formula is C14H20O2S. The van der Waals surface area contributed by atoms with Crippen LogP contribution in [-0.4, -0.2) is 11.1 Å². The number of carboxylic acids is 1. The molecule has 0 unspecified atom stereocenters. The second-order valence-electron chi connectivity index (χ2n) is 4.16. The maximum absolute atomic E-state index is 10.3. The van der Waals surface area contributed by atoms with Gasteiger partial charge in [0.1, 0.15) is 0 Å². The molecule has 1 heterocycles. The van der Waals surface area contributed by atoms with Gasteiger partial charge in [0.15, 0.2) is 0 Å². The molecule has 17 heavy (non-hydrogen) atoms. The van der Waals surface area contributed by atoms with Crippen LogP contribution in [0.1, 0.15) is 50.5 Å². The highest BCUT2D eigenvalue weighted by molar-refractivity contribution is 7.08. The molecule has 1 aromatic rings. The van der Waals surface area contributed by atoms with Crippen molar-refractivity contribution in [3.63, 3.8) is 0 Å². The van der Waals surface area contributed by atoms with Crippen LogP contribution < -0.4 is 0 Å². The van der Waals surface area contributed by atoms with E-state index >= 15 is 0 Å². The van der Waals surface area contributed by atoms with Gasteiger partial charge in [-0.2, -0.15) is 11.3 Å². The van der Waals surface area contributed by atoms with Gasteiger partial charge >= 0.3 is 5.97 Å². The standard InChI is InChI=1S/C14H20O2S/c15-14(16)9-7-5-3-1-2-4-6-8-13-10-11-17-12-13/h6,8,10-12H,1-5,7,9H2,(H,15,16). The lowest BCUT2D eigenvalue weighted by atomic mass is 10.1. The highest BCUT2D eigenvalue weighted by Crippen LogP contribution is 2.11. The fourth-order valence-electron chi connectivity index (χ4n) is 1.66. The zero-order valence-corrected chi connectivity index (χ0v) is 10.9. The molecule has 94 valence electrons. The van der Waals surface area contributed by atoms with Gasteiger partial charge in [0.2, 0.25) is 0 Å². The highest BCUT2D eigenvalue weighted by atomic mass is 32.1. The second kappa shape index (κ2) is 8.99. The predicted molar refractivity (Wildman–Crippen MR) is 73.3 cm³/mol. The van der Waals surface area contributed by atoms with Crippen molar-refractivity contribution in [2.75, 3.05) is 0 Å². The van der Waals surface area contributed by atoms with Crippen LogP contribution in [0, 0.1) is 0 Å². The fourth-order valence-corrected chi connectivity index (χ4v) is 2.29. The molecule has 0 aliphatic rings. The maximum atomic E-state index is 10.3. The summed E-state index contributed by atoms with van der Waals surface area (Å²) >= 11 is 1.72. The summed E-state index contributed by atoms with van der Waals surface area (Å²) < 4.78 is 0. The highest BCUT2D eigenvalue weighted by Gasteiger charge is 1.95. The zero-order chi connectivity index (χ0) is 12.3. The zero-order valence-electron chi connectivity index (χ0n) is 10.1. The van der Waals surface area contributed by atoms with Crippen molar-refractivity contribution in [3.05, 3.63) is 28.5 Å². The molecule has 0 radical (unpaired) electrons. The van der Waals surface area contributed by atoms with Gasteiger partial charge < -0.3 is 5.11 Å². The van der Waals surface area contributed by atoms with E-state index in [9.17, 15) is 4.79 Å². The number of allylic oxidation sites excluding steroid dienone is 1. The predicted octanol–water partition coefficient (Wildman–Crippen LogP) is 4.58. The molecule has 0 aromatic carbocycles. The van der Waals surface area contributed by atoms with Gasteiger partial charge in [-0.15, -0.1) is 0 Å². The smallest absolute Gasteiger partial charge is 0.303 e. The molecule has 0 atom stereocenters. The van der Waals surface area contributed by atoms with E-state index in [4.69, 9.17) is 5.11 Å². The van der Waals surface area contributed by atoms with Crippen molar-refractivity contribution < 1.29 is 9.90 Å². The first-order chi connectivity index (χ1) is 8.29. The first-order valence-electron chi connectivity index (χ1n) is 6.19. The summed E-state index contributed by atoms with van der Waals surface area (Å²) in [6, 6.07) is 2.12. The van der Waals surface area contributed by atoms with Crippen molar-refractivity contribution in [2.45, 2.75) is 44.9 Å². The van der Waals surface area contributed by atoms with Crippen LogP contribution >= 0.6 is 11.3 Å². The molecule has 0 saturated heterocycles. The Kier molecular flexibility index (Phi) is 7.39. The Labute approximate surface area is 107 Å². The van der Waals surface area contributed by atoms with Crippen molar-refractivity contribution in [2.24, 2.45) is 0 Å².